The summed E-state index contributed by atoms with van der Waals surface area (Å²) in [4.78, 5) is 9.52. The van der Waals surface area contributed by atoms with Crippen molar-refractivity contribution in [2.75, 3.05) is 6.61 Å². The summed E-state index contributed by atoms with van der Waals surface area (Å²) < 4.78 is 5.45. The van der Waals surface area contributed by atoms with Gasteiger partial charge in [0.1, 0.15) is 30.3 Å². The molecular formula is C10H16N6O4. The van der Waals surface area contributed by atoms with E-state index in [1.165, 1.54) is 22.6 Å². The van der Waals surface area contributed by atoms with E-state index >= 15 is 0 Å². The highest BCUT2D eigenvalue weighted by Gasteiger charge is 2.49. The van der Waals surface area contributed by atoms with Crippen molar-refractivity contribution < 1.29 is 20.1 Å². The lowest BCUT2D eigenvalue weighted by molar-refractivity contribution is -0.0873. The number of aliphatic hydroxyl groups is 3. The molecule has 1 fully saturated rings. The molecule has 0 saturated carbocycles. The molecule has 110 valence electrons. The van der Waals surface area contributed by atoms with Crippen LogP contribution in [0.5, 0.6) is 0 Å². The Bertz CT molecular complexity index is 494. The Labute approximate surface area is 114 Å². The van der Waals surface area contributed by atoms with Crippen LogP contribution in [0, 0.1) is 0 Å². The average molecular weight is 284 g/mol. The van der Waals surface area contributed by atoms with Crippen molar-refractivity contribution in [1.29, 1.82) is 0 Å². The topological polar surface area (TPSA) is 153 Å². The van der Waals surface area contributed by atoms with Gasteiger partial charge in [-0.05, 0) is 0 Å². The Balaban J connectivity index is 1.86. The van der Waals surface area contributed by atoms with E-state index < -0.39 is 37.3 Å². The molecule has 0 aliphatic carbocycles. The van der Waals surface area contributed by atoms with Gasteiger partial charge in [0.15, 0.2) is 18.2 Å². The van der Waals surface area contributed by atoms with Gasteiger partial charge in [0.25, 0.3) is 0 Å². The Hall–Kier alpha value is -1.72. The fraction of sp³-hybridized carbons (Fsp3) is 0.600. The summed E-state index contributed by atoms with van der Waals surface area (Å²) in [5.41, 5.74) is 6.16. The molecule has 0 spiro atoms. The summed E-state index contributed by atoms with van der Waals surface area (Å²) >= 11 is 0. The van der Waals surface area contributed by atoms with E-state index in [2.05, 4.69) is 9.98 Å². The first-order chi connectivity index (χ1) is 9.54. The third kappa shape index (κ3) is 1.77. The molecule has 3 aliphatic heterocycles. The second-order valence-electron chi connectivity index (χ2n) is 4.76. The minimum Gasteiger partial charge on any atom is -0.394 e. The van der Waals surface area contributed by atoms with Crippen molar-refractivity contribution in [3.8, 4) is 0 Å². The fourth-order valence-electron chi connectivity index (χ4n) is 2.48. The first-order valence-electron chi connectivity index (χ1n) is 6.05. The first-order valence-corrected chi connectivity index (χ1v) is 6.05. The van der Waals surface area contributed by atoms with Crippen molar-refractivity contribution in [2.45, 2.75) is 30.7 Å². The highest BCUT2D eigenvalue weighted by molar-refractivity contribution is 5.68. The smallest absolute Gasteiger partial charge is 0.167 e. The van der Waals surface area contributed by atoms with Gasteiger partial charge >= 0.3 is 0 Å². The fourth-order valence-corrected chi connectivity index (χ4v) is 2.48. The number of hydrogen-bond acceptors (Lipinski definition) is 10. The molecular weight excluding hydrogens is 268 g/mol. The molecule has 0 aromatic rings. The van der Waals surface area contributed by atoms with Crippen molar-refractivity contribution >= 4 is 12.7 Å². The van der Waals surface area contributed by atoms with E-state index in [9.17, 15) is 10.2 Å². The second-order valence-corrected chi connectivity index (χ2v) is 4.76. The van der Waals surface area contributed by atoms with Gasteiger partial charge in [0.05, 0.1) is 12.9 Å². The predicted octanol–water partition coefficient (Wildman–Crippen LogP) is -3.56. The number of ether oxygens (including phenoxy) is 1. The summed E-state index contributed by atoms with van der Waals surface area (Å²) in [5, 5.41) is 30.2. The lowest BCUT2D eigenvalue weighted by Gasteiger charge is -2.36. The zero-order valence-electron chi connectivity index (χ0n) is 10.4. The molecule has 7 N–H and O–H groups in total. The molecule has 0 bridgehead atoms. The van der Waals surface area contributed by atoms with Crippen molar-refractivity contribution in [1.82, 2.24) is 9.91 Å². The van der Waals surface area contributed by atoms with Crippen molar-refractivity contribution in [3.63, 3.8) is 0 Å². The van der Waals surface area contributed by atoms with E-state index in [-0.39, 0.29) is 5.82 Å². The largest absolute Gasteiger partial charge is 0.394 e. The minimum atomic E-state index is -1.20. The van der Waals surface area contributed by atoms with Crippen LogP contribution in [0.3, 0.4) is 0 Å². The van der Waals surface area contributed by atoms with Crippen molar-refractivity contribution in [3.05, 3.63) is 11.5 Å². The predicted molar refractivity (Wildman–Crippen MR) is 67.6 cm³/mol. The molecule has 20 heavy (non-hydrogen) atoms. The number of aliphatic imine (C=N–C) groups is 2. The third-order valence-corrected chi connectivity index (χ3v) is 3.54. The van der Waals surface area contributed by atoms with Crippen LogP contribution in [0.4, 0.5) is 0 Å². The van der Waals surface area contributed by atoms with Crippen molar-refractivity contribution in [2.24, 2.45) is 21.6 Å². The van der Waals surface area contributed by atoms with Gasteiger partial charge in [-0.25, -0.2) is 15.8 Å². The zero-order valence-corrected chi connectivity index (χ0v) is 10.4. The summed E-state index contributed by atoms with van der Waals surface area (Å²) in [5.74, 6) is 6.04. The van der Waals surface area contributed by atoms with E-state index in [0.717, 1.165) is 0 Å². The number of fused-ring (bicyclic) bond motifs is 1. The summed E-state index contributed by atoms with van der Waals surface area (Å²) in [6, 6.07) is 0. The zero-order chi connectivity index (χ0) is 14.4. The Morgan fingerprint density at radius 1 is 1.25 bits per heavy atom. The van der Waals surface area contributed by atoms with Gasteiger partial charge in [-0.3, -0.25) is 5.01 Å². The van der Waals surface area contributed by atoms with Crippen LogP contribution in [-0.2, 0) is 4.74 Å². The number of nitrogens with two attached hydrogens (primary N) is 2. The minimum absolute atomic E-state index is 0.224. The Morgan fingerprint density at radius 3 is 2.65 bits per heavy atom. The Kier molecular flexibility index (Phi) is 3.11. The lowest BCUT2D eigenvalue weighted by atomic mass is 10.1. The molecule has 1 saturated heterocycles. The maximum atomic E-state index is 10.0. The first kappa shape index (κ1) is 13.3. The van der Waals surface area contributed by atoms with E-state index in [0.29, 0.717) is 5.70 Å². The van der Waals surface area contributed by atoms with Crippen LogP contribution in [0.25, 0.3) is 0 Å². The van der Waals surface area contributed by atoms with Crippen LogP contribution in [0.2, 0.25) is 0 Å². The molecule has 0 amide bonds. The lowest BCUT2D eigenvalue weighted by Crippen LogP contribution is -2.56. The molecule has 10 nitrogen and oxygen atoms in total. The molecule has 3 aliphatic rings. The van der Waals surface area contributed by atoms with Gasteiger partial charge < -0.3 is 30.7 Å². The summed E-state index contributed by atoms with van der Waals surface area (Å²) in [6.07, 6.45) is -1.96. The molecule has 3 rings (SSSR count). The quantitative estimate of drug-likeness (QED) is 0.326. The standard InChI is InChI=1S/C10H16N6O4/c11-8-5-9(16(12)3-14-8)15(2-13-5)10-7(19)6(18)4(1-17)20-10/h2-4,6-7,9-10,17-19H,1,11-12H2/t4-,6-,7-,9?,10-/m1/s1. The maximum absolute atomic E-state index is 10.0. The summed E-state index contributed by atoms with van der Waals surface area (Å²) in [7, 11) is 0. The van der Waals surface area contributed by atoms with Crippen LogP contribution in [-0.4, -0.2) is 75.2 Å². The SMILES string of the molecule is NC1=C2N=CN([C@@H]3O[C@H](CO)[C@@H](O)[C@H]3O)C2N(N)C=N1. The molecule has 0 radical (unpaired) electrons. The number of hydrazine groups is 1. The van der Waals surface area contributed by atoms with Crippen LogP contribution < -0.4 is 11.6 Å². The number of nitrogens with zero attached hydrogens (tertiary/aromatic N) is 4. The average Bonchev–Trinajstić information content (AvgIpc) is 2.99. The normalized spacial score (nSPS) is 39.9. The van der Waals surface area contributed by atoms with E-state index in [4.69, 9.17) is 21.4 Å². The molecule has 5 atom stereocenters. The molecule has 0 aromatic carbocycles. The number of hydrogen-bond donors (Lipinski definition) is 5. The Morgan fingerprint density at radius 2 is 2.00 bits per heavy atom. The van der Waals surface area contributed by atoms with Crippen LogP contribution in [0.15, 0.2) is 21.5 Å². The van der Waals surface area contributed by atoms with E-state index in [1.54, 1.807) is 0 Å². The second kappa shape index (κ2) is 4.68. The van der Waals surface area contributed by atoms with Gasteiger partial charge in [-0.1, -0.05) is 0 Å². The third-order valence-electron chi connectivity index (χ3n) is 3.54. The highest BCUT2D eigenvalue weighted by atomic mass is 16.6. The van der Waals surface area contributed by atoms with Gasteiger partial charge in [0, 0.05) is 0 Å². The number of aliphatic hydroxyl groups excluding tert-OH is 3. The van der Waals surface area contributed by atoms with Gasteiger partial charge in [-0.2, -0.15) is 0 Å². The molecule has 10 heteroatoms. The van der Waals surface area contributed by atoms with Gasteiger partial charge in [0.2, 0.25) is 0 Å². The molecule has 0 aromatic heterocycles. The molecule has 1 unspecified atom stereocenters. The van der Waals surface area contributed by atoms with Crippen LogP contribution >= 0.6 is 0 Å². The number of rotatable bonds is 2. The van der Waals surface area contributed by atoms with Crippen LogP contribution in [0.1, 0.15) is 0 Å². The highest BCUT2D eigenvalue weighted by Crippen LogP contribution is 2.31. The maximum Gasteiger partial charge on any atom is 0.167 e. The monoisotopic (exact) mass is 284 g/mol. The summed E-state index contributed by atoms with van der Waals surface area (Å²) in [6.45, 7) is -0.400. The van der Waals surface area contributed by atoms with E-state index in [1.807, 2.05) is 0 Å². The molecule has 3 heterocycles. The van der Waals surface area contributed by atoms with Gasteiger partial charge in [-0.15, -0.1) is 0 Å².